The summed E-state index contributed by atoms with van der Waals surface area (Å²) in [4.78, 5) is 0. The zero-order valence-corrected chi connectivity index (χ0v) is 8.44. The largest absolute Gasteiger partial charge is 0.381 e. The molecule has 0 amide bonds. The number of hydrogen-bond donors (Lipinski definition) is 1. The number of nitrogens with one attached hydrogen (secondary N) is 1. The highest BCUT2D eigenvalue weighted by atomic mass is 35.5. The van der Waals surface area contributed by atoms with Gasteiger partial charge in [-0.05, 0) is 19.4 Å². The van der Waals surface area contributed by atoms with E-state index in [0.717, 1.165) is 39.1 Å². The fourth-order valence-electron chi connectivity index (χ4n) is 0.776. The fraction of sp³-hybridized carbons (Fsp3) is 0.778. The predicted octanol–water partition coefficient (Wildman–Crippen LogP) is 2.15. The summed E-state index contributed by atoms with van der Waals surface area (Å²) in [7, 11) is 0. The molecule has 3 heteroatoms. The Bertz CT molecular complexity index is 107. The Balaban J connectivity index is 2.81. The highest BCUT2D eigenvalue weighted by Crippen LogP contribution is 1.83. The van der Waals surface area contributed by atoms with Gasteiger partial charge in [0.25, 0.3) is 0 Å². The van der Waals surface area contributed by atoms with Crippen molar-refractivity contribution in [3.8, 4) is 0 Å². The molecule has 0 rings (SSSR count). The van der Waals surface area contributed by atoms with Crippen molar-refractivity contribution in [2.75, 3.05) is 26.3 Å². The smallest absolute Gasteiger partial charge is 0.0478 e. The van der Waals surface area contributed by atoms with Crippen LogP contribution in [0.3, 0.4) is 0 Å². The van der Waals surface area contributed by atoms with Crippen LogP contribution in [0.4, 0.5) is 0 Å². The van der Waals surface area contributed by atoms with Crippen molar-refractivity contribution in [2.24, 2.45) is 0 Å². The summed E-state index contributed by atoms with van der Waals surface area (Å²) in [5.41, 5.74) is 1.53. The van der Waals surface area contributed by atoms with E-state index in [2.05, 4.69) is 12.2 Å². The molecule has 0 radical (unpaired) electrons. The maximum absolute atomic E-state index is 5.34. The minimum Gasteiger partial charge on any atom is -0.381 e. The minimum atomic E-state index is 0.845. The van der Waals surface area contributed by atoms with Crippen LogP contribution in [-0.2, 0) is 4.74 Å². The summed E-state index contributed by atoms with van der Waals surface area (Å²) in [6, 6.07) is 0. The minimum absolute atomic E-state index is 0.845. The molecule has 0 spiro atoms. The predicted molar refractivity (Wildman–Crippen MR) is 53.6 cm³/mol. The van der Waals surface area contributed by atoms with E-state index in [-0.39, 0.29) is 0 Å². The van der Waals surface area contributed by atoms with Crippen molar-refractivity contribution in [3.63, 3.8) is 0 Å². The second-order valence-corrected chi connectivity index (χ2v) is 2.78. The van der Waals surface area contributed by atoms with E-state index in [1.165, 1.54) is 5.54 Å². The normalized spacial score (nSPS) is 11.2. The number of halogens is 1. The molecule has 0 saturated heterocycles. The molecular formula is C9H18ClNO. The van der Waals surface area contributed by atoms with Crippen LogP contribution in [0.15, 0.2) is 11.6 Å². The van der Waals surface area contributed by atoms with Crippen LogP contribution < -0.4 is 5.32 Å². The van der Waals surface area contributed by atoms with E-state index in [0.29, 0.717) is 0 Å². The summed E-state index contributed by atoms with van der Waals surface area (Å²) in [6.07, 6.45) is 4.05. The lowest BCUT2D eigenvalue weighted by atomic mass is 10.4. The molecule has 0 saturated carbocycles. The number of rotatable bonds is 8. The quantitative estimate of drug-likeness (QED) is 0.594. The lowest BCUT2D eigenvalue weighted by Gasteiger charge is -2.02. The molecule has 0 aromatic rings. The molecule has 0 aliphatic heterocycles. The molecule has 12 heavy (non-hydrogen) atoms. The van der Waals surface area contributed by atoms with Gasteiger partial charge in [0.1, 0.15) is 0 Å². The third-order valence-electron chi connectivity index (χ3n) is 1.34. The van der Waals surface area contributed by atoms with E-state index in [1.54, 1.807) is 0 Å². The van der Waals surface area contributed by atoms with E-state index in [1.807, 2.05) is 6.08 Å². The lowest BCUT2D eigenvalue weighted by molar-refractivity contribution is 0.132. The maximum Gasteiger partial charge on any atom is 0.0478 e. The fourth-order valence-corrected chi connectivity index (χ4v) is 0.865. The third-order valence-corrected chi connectivity index (χ3v) is 1.52. The van der Waals surface area contributed by atoms with Gasteiger partial charge in [0.15, 0.2) is 0 Å². The van der Waals surface area contributed by atoms with Crippen LogP contribution in [0.1, 0.15) is 19.8 Å². The first kappa shape index (κ1) is 11.9. The van der Waals surface area contributed by atoms with Crippen molar-refractivity contribution in [3.05, 3.63) is 11.6 Å². The zero-order chi connectivity index (χ0) is 9.07. The molecule has 1 N–H and O–H groups in total. The van der Waals surface area contributed by atoms with E-state index in [4.69, 9.17) is 16.3 Å². The lowest BCUT2D eigenvalue weighted by Crippen LogP contribution is -2.16. The van der Waals surface area contributed by atoms with E-state index >= 15 is 0 Å². The second-order valence-electron chi connectivity index (χ2n) is 2.53. The van der Waals surface area contributed by atoms with Crippen LogP contribution >= 0.6 is 11.6 Å². The monoisotopic (exact) mass is 191 g/mol. The van der Waals surface area contributed by atoms with Gasteiger partial charge >= 0.3 is 0 Å². The Morgan fingerprint density at radius 1 is 1.42 bits per heavy atom. The van der Waals surface area contributed by atoms with Gasteiger partial charge in [0.05, 0.1) is 0 Å². The molecule has 0 aliphatic rings. The Kier molecular flexibility index (Phi) is 10.9. The van der Waals surface area contributed by atoms with Crippen molar-refractivity contribution in [2.45, 2.75) is 19.8 Å². The summed E-state index contributed by atoms with van der Waals surface area (Å²) in [6.45, 7) is 5.68. The summed E-state index contributed by atoms with van der Waals surface area (Å²) < 4.78 is 5.31. The molecule has 0 fully saturated rings. The molecular weight excluding hydrogens is 174 g/mol. The van der Waals surface area contributed by atoms with Crippen LogP contribution in [0.5, 0.6) is 0 Å². The van der Waals surface area contributed by atoms with Crippen molar-refractivity contribution in [1.82, 2.24) is 5.32 Å². The Labute approximate surface area is 79.9 Å². The summed E-state index contributed by atoms with van der Waals surface area (Å²) in [5.74, 6) is 0. The molecule has 2 nitrogen and oxygen atoms in total. The highest BCUT2D eigenvalue weighted by molar-refractivity contribution is 6.25. The second kappa shape index (κ2) is 11.0. The van der Waals surface area contributed by atoms with Gasteiger partial charge < -0.3 is 10.1 Å². The Morgan fingerprint density at radius 2 is 2.25 bits per heavy atom. The Morgan fingerprint density at radius 3 is 2.92 bits per heavy atom. The molecule has 72 valence electrons. The maximum atomic E-state index is 5.34. The molecule has 0 atom stereocenters. The van der Waals surface area contributed by atoms with Gasteiger partial charge in [-0.15, -0.1) is 0 Å². The number of ether oxygens (including phenoxy) is 1. The molecule has 0 aliphatic carbocycles. The van der Waals surface area contributed by atoms with Gasteiger partial charge in [0.2, 0.25) is 0 Å². The molecule has 0 aromatic carbocycles. The first-order valence-corrected chi connectivity index (χ1v) is 4.89. The molecule has 0 bridgehead atoms. The van der Waals surface area contributed by atoms with Gasteiger partial charge in [-0.2, -0.15) is 0 Å². The van der Waals surface area contributed by atoms with Crippen LogP contribution in [0.2, 0.25) is 0 Å². The molecule has 0 heterocycles. The van der Waals surface area contributed by atoms with Crippen molar-refractivity contribution < 1.29 is 4.74 Å². The van der Waals surface area contributed by atoms with Crippen molar-refractivity contribution >= 4 is 11.6 Å². The highest BCUT2D eigenvalue weighted by Gasteiger charge is 1.86. The topological polar surface area (TPSA) is 21.3 Å². The van der Waals surface area contributed by atoms with Gasteiger partial charge in [0, 0.05) is 25.3 Å². The first-order chi connectivity index (χ1) is 5.91. The summed E-state index contributed by atoms with van der Waals surface area (Å²) in [5, 5.41) is 3.21. The van der Waals surface area contributed by atoms with Gasteiger partial charge in [-0.3, -0.25) is 0 Å². The molecule has 0 aromatic heterocycles. The van der Waals surface area contributed by atoms with Gasteiger partial charge in [-0.1, -0.05) is 24.6 Å². The van der Waals surface area contributed by atoms with E-state index in [9.17, 15) is 0 Å². The third kappa shape index (κ3) is 9.95. The van der Waals surface area contributed by atoms with Gasteiger partial charge in [-0.25, -0.2) is 0 Å². The summed E-state index contributed by atoms with van der Waals surface area (Å²) >= 11 is 5.34. The van der Waals surface area contributed by atoms with Crippen LogP contribution in [0, 0.1) is 0 Å². The first-order valence-electron chi connectivity index (χ1n) is 4.45. The number of hydrogen-bond acceptors (Lipinski definition) is 2. The average Bonchev–Trinajstić information content (AvgIpc) is 2.10. The average molecular weight is 192 g/mol. The van der Waals surface area contributed by atoms with Crippen molar-refractivity contribution in [1.29, 1.82) is 0 Å². The molecule has 0 unspecified atom stereocenters. The van der Waals surface area contributed by atoms with E-state index < -0.39 is 0 Å². The zero-order valence-electron chi connectivity index (χ0n) is 7.68. The Hall–Kier alpha value is -0.0500. The van der Waals surface area contributed by atoms with Crippen LogP contribution in [-0.4, -0.2) is 26.3 Å². The van der Waals surface area contributed by atoms with Crippen LogP contribution in [0.25, 0.3) is 0 Å². The SMILES string of the molecule is CCCOCCCNC/C=C/Cl. The standard InChI is InChI=1S/C9H18ClNO/c1-2-8-12-9-4-7-11-6-3-5-10/h3,5,11H,2,4,6-9H2,1H3/b5-3+.